The van der Waals surface area contributed by atoms with Gasteiger partial charge in [-0.3, -0.25) is 0 Å². The minimum Gasteiger partial charge on any atom is -0.304 e. The molecule has 0 saturated carbocycles. The van der Waals surface area contributed by atoms with Crippen LogP contribution in [0.1, 0.15) is 22.5 Å². The van der Waals surface area contributed by atoms with Gasteiger partial charge in [-0.2, -0.15) is 0 Å². The highest BCUT2D eigenvalue weighted by molar-refractivity contribution is 5.46. The molecule has 0 radical (unpaired) electrons. The molecule has 3 aromatic rings. The summed E-state index contributed by atoms with van der Waals surface area (Å²) in [6.07, 6.45) is 4.28. The molecule has 3 nitrogen and oxygen atoms in total. The monoisotopic (exact) mass is 293 g/mol. The molecule has 0 unspecified atom stereocenters. The second-order valence-electron chi connectivity index (χ2n) is 6.13. The normalized spacial score (nSPS) is 11.5. The smallest absolute Gasteiger partial charge is 0.137 e. The van der Waals surface area contributed by atoms with Gasteiger partial charge >= 0.3 is 0 Å². The van der Waals surface area contributed by atoms with Crippen LogP contribution in [0.2, 0.25) is 0 Å². The van der Waals surface area contributed by atoms with Crippen molar-refractivity contribution in [1.82, 2.24) is 14.3 Å². The Morgan fingerprint density at radius 2 is 1.73 bits per heavy atom. The van der Waals surface area contributed by atoms with E-state index < -0.39 is 0 Å². The maximum absolute atomic E-state index is 4.72. The molecule has 22 heavy (non-hydrogen) atoms. The van der Waals surface area contributed by atoms with Gasteiger partial charge in [-0.05, 0) is 57.1 Å². The number of pyridine rings is 1. The molecular formula is C19H23N3. The van der Waals surface area contributed by atoms with E-state index in [-0.39, 0.29) is 0 Å². The maximum atomic E-state index is 4.72. The summed E-state index contributed by atoms with van der Waals surface area (Å²) in [5, 5.41) is 0. The van der Waals surface area contributed by atoms with Crippen LogP contribution in [0.15, 0.2) is 48.7 Å². The number of imidazole rings is 1. The lowest BCUT2D eigenvalue weighted by atomic mass is 10.1. The van der Waals surface area contributed by atoms with Gasteiger partial charge in [0.15, 0.2) is 0 Å². The number of aromatic nitrogens is 2. The minimum atomic E-state index is 0.913. The van der Waals surface area contributed by atoms with Gasteiger partial charge in [-0.1, -0.05) is 30.3 Å². The largest absolute Gasteiger partial charge is 0.304 e. The first-order chi connectivity index (χ1) is 10.6. The molecule has 3 rings (SSSR count). The summed E-state index contributed by atoms with van der Waals surface area (Å²) in [5.74, 6) is 0. The lowest BCUT2D eigenvalue weighted by Gasteiger charge is -2.10. The first-order valence-corrected chi connectivity index (χ1v) is 7.78. The SMILES string of the molecule is Cc1nc2cc(CCc3ccccc3)ccn2c1CN(C)C. The van der Waals surface area contributed by atoms with E-state index in [1.807, 2.05) is 0 Å². The summed E-state index contributed by atoms with van der Waals surface area (Å²) in [6, 6.07) is 15.1. The van der Waals surface area contributed by atoms with E-state index in [0.29, 0.717) is 0 Å². The van der Waals surface area contributed by atoms with Crippen LogP contribution in [0.3, 0.4) is 0 Å². The van der Waals surface area contributed by atoms with Crippen molar-refractivity contribution in [3.8, 4) is 0 Å². The van der Waals surface area contributed by atoms with Crippen LogP contribution >= 0.6 is 0 Å². The van der Waals surface area contributed by atoms with Crippen molar-refractivity contribution >= 4 is 5.65 Å². The van der Waals surface area contributed by atoms with Crippen LogP contribution < -0.4 is 0 Å². The predicted octanol–water partition coefficient (Wildman–Crippen LogP) is 3.49. The summed E-state index contributed by atoms with van der Waals surface area (Å²) < 4.78 is 2.21. The van der Waals surface area contributed by atoms with Crippen molar-refractivity contribution in [2.75, 3.05) is 14.1 Å². The molecule has 0 bridgehead atoms. The van der Waals surface area contributed by atoms with Crippen molar-refractivity contribution in [3.05, 3.63) is 71.2 Å². The highest BCUT2D eigenvalue weighted by Crippen LogP contribution is 2.16. The Morgan fingerprint density at radius 3 is 2.45 bits per heavy atom. The van der Waals surface area contributed by atoms with Crippen molar-refractivity contribution in [2.24, 2.45) is 0 Å². The molecule has 114 valence electrons. The fourth-order valence-corrected chi connectivity index (χ4v) is 2.83. The van der Waals surface area contributed by atoms with Crippen molar-refractivity contribution in [2.45, 2.75) is 26.3 Å². The minimum absolute atomic E-state index is 0.913. The standard InChI is InChI=1S/C19H23N3/c1-15-18(14-21(2)3)22-12-11-17(13-19(22)20-15)10-9-16-7-5-4-6-8-16/h4-8,11-13H,9-10,14H2,1-3H3. The molecule has 0 spiro atoms. The van der Waals surface area contributed by atoms with Gasteiger partial charge in [0.05, 0.1) is 11.4 Å². The van der Waals surface area contributed by atoms with Crippen LogP contribution in [0.5, 0.6) is 0 Å². The Hall–Kier alpha value is -2.13. The Morgan fingerprint density at radius 1 is 1.00 bits per heavy atom. The third-order valence-electron chi connectivity index (χ3n) is 4.00. The van der Waals surface area contributed by atoms with E-state index in [1.165, 1.54) is 16.8 Å². The molecular weight excluding hydrogens is 270 g/mol. The van der Waals surface area contributed by atoms with Gasteiger partial charge in [-0.25, -0.2) is 4.98 Å². The van der Waals surface area contributed by atoms with E-state index in [4.69, 9.17) is 4.98 Å². The Labute approximate surface area is 132 Å². The van der Waals surface area contributed by atoms with Gasteiger partial charge in [0, 0.05) is 12.7 Å². The number of benzene rings is 1. The van der Waals surface area contributed by atoms with Crippen LogP contribution in [-0.2, 0) is 19.4 Å². The van der Waals surface area contributed by atoms with Crippen LogP contribution in [-0.4, -0.2) is 28.4 Å². The van der Waals surface area contributed by atoms with Crippen molar-refractivity contribution < 1.29 is 0 Å². The van der Waals surface area contributed by atoms with Crippen LogP contribution in [0.25, 0.3) is 5.65 Å². The number of fused-ring (bicyclic) bond motifs is 1. The maximum Gasteiger partial charge on any atom is 0.137 e. The van der Waals surface area contributed by atoms with E-state index in [9.17, 15) is 0 Å². The highest BCUT2D eigenvalue weighted by Gasteiger charge is 2.09. The van der Waals surface area contributed by atoms with Gasteiger partial charge in [0.1, 0.15) is 5.65 Å². The lowest BCUT2D eigenvalue weighted by molar-refractivity contribution is 0.394. The molecule has 0 atom stereocenters. The van der Waals surface area contributed by atoms with E-state index in [1.54, 1.807) is 0 Å². The molecule has 0 amide bonds. The number of hydrogen-bond acceptors (Lipinski definition) is 2. The highest BCUT2D eigenvalue weighted by atomic mass is 15.1. The molecule has 2 heterocycles. The Balaban J connectivity index is 1.81. The van der Waals surface area contributed by atoms with Crippen molar-refractivity contribution in [3.63, 3.8) is 0 Å². The summed E-state index contributed by atoms with van der Waals surface area (Å²) >= 11 is 0. The third kappa shape index (κ3) is 3.20. The van der Waals surface area contributed by atoms with Crippen LogP contribution in [0.4, 0.5) is 0 Å². The Kier molecular flexibility index (Phi) is 4.25. The van der Waals surface area contributed by atoms with E-state index in [2.05, 4.69) is 79.0 Å². The number of aryl methyl sites for hydroxylation is 3. The quantitative estimate of drug-likeness (QED) is 0.718. The van der Waals surface area contributed by atoms with Crippen LogP contribution in [0, 0.1) is 6.92 Å². The Bertz CT molecular complexity index is 757. The molecule has 0 N–H and O–H groups in total. The van der Waals surface area contributed by atoms with E-state index >= 15 is 0 Å². The molecule has 3 heteroatoms. The van der Waals surface area contributed by atoms with Gasteiger partial charge in [0.25, 0.3) is 0 Å². The molecule has 1 aromatic carbocycles. The molecule has 0 aliphatic carbocycles. The average Bonchev–Trinajstić information content (AvgIpc) is 2.81. The summed E-state index contributed by atoms with van der Waals surface area (Å²) in [4.78, 5) is 6.90. The second-order valence-corrected chi connectivity index (χ2v) is 6.13. The van der Waals surface area contributed by atoms with Gasteiger partial charge in [-0.15, -0.1) is 0 Å². The lowest BCUT2D eigenvalue weighted by Crippen LogP contribution is -2.13. The van der Waals surface area contributed by atoms with E-state index in [0.717, 1.165) is 30.7 Å². The first-order valence-electron chi connectivity index (χ1n) is 7.78. The van der Waals surface area contributed by atoms with Crippen molar-refractivity contribution in [1.29, 1.82) is 0 Å². The fraction of sp³-hybridized carbons (Fsp3) is 0.316. The number of nitrogens with zero attached hydrogens (tertiary/aromatic N) is 3. The first kappa shape index (κ1) is 14.8. The molecule has 0 saturated heterocycles. The fourth-order valence-electron chi connectivity index (χ4n) is 2.83. The molecule has 0 aliphatic heterocycles. The molecule has 0 fully saturated rings. The zero-order valence-corrected chi connectivity index (χ0v) is 13.6. The number of rotatable bonds is 5. The number of hydrogen-bond donors (Lipinski definition) is 0. The topological polar surface area (TPSA) is 20.5 Å². The third-order valence-corrected chi connectivity index (χ3v) is 4.00. The zero-order valence-electron chi connectivity index (χ0n) is 13.6. The molecule has 0 aliphatic rings. The summed E-state index contributed by atoms with van der Waals surface area (Å²) in [5.41, 5.74) is 6.18. The summed E-state index contributed by atoms with van der Waals surface area (Å²) in [6.45, 7) is 3.01. The van der Waals surface area contributed by atoms with Gasteiger partial charge < -0.3 is 9.30 Å². The zero-order chi connectivity index (χ0) is 15.5. The predicted molar refractivity (Wildman–Crippen MR) is 91.2 cm³/mol. The second kappa shape index (κ2) is 6.32. The average molecular weight is 293 g/mol. The molecule has 2 aromatic heterocycles. The summed E-state index contributed by atoms with van der Waals surface area (Å²) in [7, 11) is 4.18. The van der Waals surface area contributed by atoms with Gasteiger partial charge in [0.2, 0.25) is 0 Å².